The molecule has 29 heavy (non-hydrogen) atoms. The largest absolute Gasteiger partial charge is 0.447 e. The Balaban J connectivity index is 1.53. The van der Waals surface area contributed by atoms with Crippen LogP contribution in [0.25, 0.3) is 0 Å². The second-order valence-electron chi connectivity index (χ2n) is 8.66. The number of carbonyl (C=O) groups excluding carboxylic acids is 1. The van der Waals surface area contributed by atoms with Gasteiger partial charge in [-0.1, -0.05) is 32.9 Å². The topological polar surface area (TPSA) is 67.3 Å². The minimum Gasteiger partial charge on any atom is -0.447 e. The van der Waals surface area contributed by atoms with E-state index in [1.165, 1.54) is 0 Å². The lowest BCUT2D eigenvalue weighted by molar-refractivity contribution is 0.177. The van der Waals surface area contributed by atoms with Crippen LogP contribution in [-0.4, -0.2) is 28.7 Å². The first-order valence-electron chi connectivity index (χ1n) is 10.1. The van der Waals surface area contributed by atoms with E-state index in [0.29, 0.717) is 23.9 Å². The van der Waals surface area contributed by atoms with E-state index in [-0.39, 0.29) is 29.2 Å². The van der Waals surface area contributed by atoms with Gasteiger partial charge in [-0.25, -0.2) is 14.2 Å². The van der Waals surface area contributed by atoms with Crippen LogP contribution >= 0.6 is 0 Å². The van der Waals surface area contributed by atoms with Crippen LogP contribution in [0.15, 0.2) is 30.5 Å². The highest BCUT2D eigenvalue weighted by atomic mass is 19.1. The molecule has 2 atom stereocenters. The number of carbonyl (C=O) groups is 1. The first-order chi connectivity index (χ1) is 13.8. The summed E-state index contributed by atoms with van der Waals surface area (Å²) in [6.07, 6.45) is 3.40. The fourth-order valence-corrected chi connectivity index (χ4v) is 3.74. The van der Waals surface area contributed by atoms with E-state index in [2.05, 4.69) is 22.2 Å². The number of nitrogens with zero attached hydrogens (tertiary/aromatic N) is 3. The first-order valence-corrected chi connectivity index (χ1v) is 10.1. The molecule has 1 amide bonds. The van der Waals surface area contributed by atoms with E-state index in [1.807, 2.05) is 32.9 Å². The van der Waals surface area contributed by atoms with Crippen molar-refractivity contribution in [3.05, 3.63) is 47.4 Å². The van der Waals surface area contributed by atoms with E-state index in [1.54, 1.807) is 23.2 Å². The van der Waals surface area contributed by atoms with Gasteiger partial charge in [-0.3, -0.25) is 4.90 Å². The molecule has 7 heteroatoms. The van der Waals surface area contributed by atoms with E-state index in [9.17, 15) is 9.18 Å². The zero-order valence-corrected chi connectivity index (χ0v) is 17.3. The fourth-order valence-electron chi connectivity index (χ4n) is 3.74. The number of hydrogen-bond acceptors (Lipinski definition) is 5. The van der Waals surface area contributed by atoms with Gasteiger partial charge in [0.1, 0.15) is 18.2 Å². The van der Waals surface area contributed by atoms with E-state index in [0.717, 1.165) is 18.4 Å². The maximum Gasteiger partial charge on any atom is 0.415 e. The zero-order valence-electron chi connectivity index (χ0n) is 17.3. The van der Waals surface area contributed by atoms with Crippen LogP contribution in [0.3, 0.4) is 0 Å². The molecule has 1 N–H and O–H groups in total. The zero-order chi connectivity index (χ0) is 20.8. The highest BCUT2D eigenvalue weighted by molar-refractivity contribution is 5.89. The number of benzene rings is 1. The molecular formula is C22H27FN4O2. The standard InChI is InChI=1S/C22H27FN4O2/c1-13(2)18-12-29-21(28)27(18)19-7-10-24-20(26-19)25-14(3)16-6-5-15(11-17(16)23)22(4)8-9-22/h5-7,10-11,13-14,18H,8-9,12H2,1-4H3,(H,24,25,26)/t14-,18?/m0/s1. The molecule has 2 aliphatic rings. The van der Waals surface area contributed by atoms with Gasteiger partial charge >= 0.3 is 6.09 Å². The van der Waals surface area contributed by atoms with Crippen molar-refractivity contribution in [1.82, 2.24) is 9.97 Å². The van der Waals surface area contributed by atoms with Crippen LogP contribution in [0.1, 0.15) is 57.7 Å². The van der Waals surface area contributed by atoms with Crippen molar-refractivity contribution in [2.75, 3.05) is 16.8 Å². The summed E-state index contributed by atoms with van der Waals surface area (Å²) in [4.78, 5) is 22.5. The smallest absolute Gasteiger partial charge is 0.415 e. The minimum absolute atomic E-state index is 0.0727. The molecular weight excluding hydrogens is 371 g/mol. The normalized spacial score (nSPS) is 21.2. The lowest BCUT2D eigenvalue weighted by Crippen LogP contribution is -2.37. The lowest BCUT2D eigenvalue weighted by atomic mass is 9.95. The second-order valence-corrected chi connectivity index (χ2v) is 8.66. The average Bonchev–Trinajstić information content (AvgIpc) is 3.31. The molecule has 0 bridgehead atoms. The molecule has 2 aromatic rings. The van der Waals surface area contributed by atoms with Gasteiger partial charge < -0.3 is 10.1 Å². The Hall–Kier alpha value is -2.70. The van der Waals surface area contributed by atoms with Gasteiger partial charge in [0.2, 0.25) is 5.95 Å². The van der Waals surface area contributed by atoms with Crippen molar-refractivity contribution in [3.8, 4) is 0 Å². The summed E-state index contributed by atoms with van der Waals surface area (Å²) in [5.74, 6) is 0.825. The summed E-state index contributed by atoms with van der Waals surface area (Å²) in [7, 11) is 0. The van der Waals surface area contributed by atoms with E-state index < -0.39 is 6.09 Å². The van der Waals surface area contributed by atoms with Crippen LogP contribution in [0.2, 0.25) is 0 Å². The van der Waals surface area contributed by atoms with E-state index in [4.69, 9.17) is 4.74 Å². The summed E-state index contributed by atoms with van der Waals surface area (Å²) in [6, 6.07) is 6.78. The van der Waals surface area contributed by atoms with Gasteiger partial charge in [0.05, 0.1) is 12.1 Å². The number of cyclic esters (lactones) is 1. The Kier molecular flexibility index (Phi) is 4.92. The Morgan fingerprint density at radius 1 is 1.28 bits per heavy atom. The number of hydrogen-bond donors (Lipinski definition) is 1. The van der Waals surface area contributed by atoms with Crippen LogP contribution < -0.4 is 10.2 Å². The molecule has 1 aliphatic heterocycles. The number of aromatic nitrogens is 2. The van der Waals surface area contributed by atoms with Crippen molar-refractivity contribution in [2.24, 2.45) is 5.92 Å². The van der Waals surface area contributed by atoms with Crippen LogP contribution in [-0.2, 0) is 10.2 Å². The lowest BCUT2D eigenvalue weighted by Gasteiger charge is -2.24. The molecule has 0 radical (unpaired) electrons. The van der Waals surface area contributed by atoms with Crippen molar-refractivity contribution in [2.45, 2.75) is 58.0 Å². The molecule has 1 unspecified atom stereocenters. The molecule has 1 saturated heterocycles. The first kappa shape index (κ1) is 19.6. The molecule has 1 saturated carbocycles. The number of anilines is 2. The van der Waals surface area contributed by atoms with Crippen molar-refractivity contribution >= 4 is 17.9 Å². The third-order valence-electron chi connectivity index (χ3n) is 6.07. The molecule has 154 valence electrons. The highest BCUT2D eigenvalue weighted by Crippen LogP contribution is 2.48. The Morgan fingerprint density at radius 2 is 2.03 bits per heavy atom. The van der Waals surface area contributed by atoms with E-state index >= 15 is 0 Å². The van der Waals surface area contributed by atoms with Crippen molar-refractivity contribution in [1.29, 1.82) is 0 Å². The van der Waals surface area contributed by atoms with Crippen molar-refractivity contribution in [3.63, 3.8) is 0 Å². The third-order valence-corrected chi connectivity index (χ3v) is 6.07. The second kappa shape index (κ2) is 7.28. The predicted molar refractivity (Wildman–Crippen MR) is 110 cm³/mol. The molecule has 1 aromatic heterocycles. The van der Waals surface area contributed by atoms with Gasteiger partial charge in [-0.15, -0.1) is 0 Å². The molecule has 4 rings (SSSR count). The molecule has 6 nitrogen and oxygen atoms in total. The van der Waals surface area contributed by atoms with Gasteiger partial charge in [0.15, 0.2) is 0 Å². The van der Waals surface area contributed by atoms with Gasteiger partial charge in [0.25, 0.3) is 0 Å². The maximum atomic E-state index is 14.7. The summed E-state index contributed by atoms with van der Waals surface area (Å²) in [5.41, 5.74) is 1.74. The Morgan fingerprint density at radius 3 is 2.69 bits per heavy atom. The number of rotatable bonds is 6. The third kappa shape index (κ3) is 3.78. The summed E-state index contributed by atoms with van der Waals surface area (Å²) >= 11 is 0. The highest BCUT2D eigenvalue weighted by Gasteiger charge is 2.39. The molecule has 1 aliphatic carbocycles. The fraction of sp³-hybridized carbons (Fsp3) is 0.500. The molecule has 2 fully saturated rings. The SMILES string of the molecule is CC(C)C1COC(=O)N1c1ccnc(N[C@@H](C)c2ccc(C3(C)CC3)cc2F)n1. The van der Waals surface area contributed by atoms with Crippen LogP contribution in [0.4, 0.5) is 21.0 Å². The van der Waals surface area contributed by atoms with Crippen molar-refractivity contribution < 1.29 is 13.9 Å². The number of halogens is 1. The van der Waals surface area contributed by atoms with Gasteiger partial charge in [-0.2, -0.15) is 4.98 Å². The maximum absolute atomic E-state index is 14.7. The predicted octanol–water partition coefficient (Wildman–Crippen LogP) is 4.82. The Bertz CT molecular complexity index is 929. The van der Waals surface area contributed by atoms with Gasteiger partial charge in [-0.05, 0) is 48.8 Å². The number of ether oxygens (including phenoxy) is 1. The molecule has 2 heterocycles. The quantitative estimate of drug-likeness (QED) is 0.755. The molecule has 0 spiro atoms. The number of nitrogens with one attached hydrogen (secondary N) is 1. The molecule has 1 aromatic carbocycles. The number of amides is 1. The van der Waals surface area contributed by atoms with Gasteiger partial charge in [0, 0.05) is 11.8 Å². The minimum atomic E-state index is -0.406. The van der Waals surface area contributed by atoms with Crippen LogP contribution in [0, 0.1) is 11.7 Å². The monoisotopic (exact) mass is 398 g/mol. The summed E-state index contributed by atoms with van der Waals surface area (Å²) in [5, 5.41) is 3.15. The average molecular weight is 398 g/mol. The summed E-state index contributed by atoms with van der Waals surface area (Å²) in [6.45, 7) is 8.45. The van der Waals surface area contributed by atoms with Crippen LogP contribution in [0.5, 0.6) is 0 Å². The summed E-state index contributed by atoms with van der Waals surface area (Å²) < 4.78 is 19.9. The Labute approximate surface area is 170 Å².